The molecule has 0 bridgehead atoms. The van der Waals surface area contributed by atoms with Crippen molar-refractivity contribution in [3.05, 3.63) is 122 Å². The van der Waals surface area contributed by atoms with Crippen LogP contribution in [-0.2, 0) is 11.2 Å². The number of rotatable bonds is 8. The number of fused-ring (bicyclic) bond motifs is 1. The van der Waals surface area contributed by atoms with Crippen molar-refractivity contribution in [1.29, 1.82) is 0 Å². The van der Waals surface area contributed by atoms with Crippen molar-refractivity contribution in [2.75, 3.05) is 6.54 Å². The Hall–Kier alpha value is -4.25. The summed E-state index contributed by atoms with van der Waals surface area (Å²) in [7, 11) is 0. The highest BCUT2D eigenvalue weighted by Gasteiger charge is 2.33. The number of carbonyl (C=O) groups is 1. The summed E-state index contributed by atoms with van der Waals surface area (Å²) in [6.45, 7) is 0.409. The van der Waals surface area contributed by atoms with Crippen LogP contribution in [0.25, 0.3) is 17.0 Å². The number of halogens is 1. The minimum absolute atomic E-state index is 0.0222. The molecule has 3 heterocycles. The molecule has 1 amide bonds. The molecule has 0 spiro atoms. The average Bonchev–Trinajstić information content (AvgIpc) is 3.67. The molecule has 11 heteroatoms. The molecule has 1 saturated heterocycles. The molecule has 204 valence electrons. The van der Waals surface area contributed by atoms with E-state index in [0.717, 1.165) is 21.4 Å². The Bertz CT molecular complexity index is 1810. The number of carbonyl (C=O) groups excluding carboxylic acids is 1. The van der Waals surface area contributed by atoms with Gasteiger partial charge in [-0.15, -0.1) is 0 Å². The first-order valence-electron chi connectivity index (χ1n) is 12.6. The van der Waals surface area contributed by atoms with Crippen LogP contribution in [0.1, 0.15) is 11.3 Å². The largest absolute Gasteiger partial charge is 0.450 e. The Morgan fingerprint density at radius 3 is 2.61 bits per heavy atom. The summed E-state index contributed by atoms with van der Waals surface area (Å²) in [5, 5.41) is 14.0. The van der Waals surface area contributed by atoms with E-state index >= 15 is 0 Å². The van der Waals surface area contributed by atoms with Gasteiger partial charge in [0.1, 0.15) is 5.76 Å². The van der Waals surface area contributed by atoms with E-state index in [1.54, 1.807) is 23.1 Å². The van der Waals surface area contributed by atoms with Crippen LogP contribution in [0, 0.1) is 10.1 Å². The predicted octanol–water partition coefficient (Wildman–Crippen LogP) is 8.32. The molecule has 1 aliphatic heterocycles. The van der Waals surface area contributed by atoms with Crippen molar-refractivity contribution in [3.8, 4) is 0 Å². The number of amides is 1. The van der Waals surface area contributed by atoms with Crippen LogP contribution < -0.4 is 0 Å². The Balaban J connectivity index is 1.26. The van der Waals surface area contributed by atoms with Crippen molar-refractivity contribution in [3.63, 3.8) is 0 Å². The highest BCUT2D eigenvalue weighted by atomic mass is 35.5. The van der Waals surface area contributed by atoms with Crippen LogP contribution in [0.3, 0.4) is 0 Å². The number of aromatic nitrogens is 1. The van der Waals surface area contributed by atoms with Gasteiger partial charge < -0.3 is 9.40 Å². The number of H-pyrrole nitrogens is 1. The third-order valence-electron chi connectivity index (χ3n) is 6.36. The molecule has 1 aliphatic rings. The van der Waals surface area contributed by atoms with Gasteiger partial charge in [-0.3, -0.25) is 19.8 Å². The molecule has 0 atom stereocenters. The van der Waals surface area contributed by atoms with E-state index in [0.29, 0.717) is 44.6 Å². The molecule has 6 rings (SSSR count). The average molecular weight is 601 g/mol. The van der Waals surface area contributed by atoms with Gasteiger partial charge in [0.05, 0.1) is 15.5 Å². The predicted molar refractivity (Wildman–Crippen MR) is 164 cm³/mol. The Kier molecular flexibility index (Phi) is 7.69. The maximum Gasteiger partial charge on any atom is 0.269 e. The number of aromatic amines is 1. The molecule has 41 heavy (non-hydrogen) atoms. The molecule has 0 unspecified atom stereocenters. The van der Waals surface area contributed by atoms with E-state index in [9.17, 15) is 14.9 Å². The molecular weight excluding hydrogens is 580 g/mol. The minimum atomic E-state index is -0.456. The third kappa shape index (κ3) is 6.09. The third-order valence-corrected chi connectivity index (χ3v) is 8.55. The van der Waals surface area contributed by atoms with Crippen LogP contribution in [0.15, 0.2) is 115 Å². The quantitative estimate of drug-likeness (QED) is 0.109. The van der Waals surface area contributed by atoms with E-state index in [4.69, 9.17) is 16.0 Å². The van der Waals surface area contributed by atoms with Gasteiger partial charge in [0.25, 0.3) is 11.6 Å². The van der Waals surface area contributed by atoms with E-state index in [2.05, 4.69) is 16.0 Å². The van der Waals surface area contributed by atoms with Crippen molar-refractivity contribution in [1.82, 2.24) is 9.88 Å². The second-order valence-corrected chi connectivity index (χ2v) is 11.6. The first-order valence-corrected chi connectivity index (χ1v) is 14.6. The van der Waals surface area contributed by atoms with Gasteiger partial charge in [-0.1, -0.05) is 41.6 Å². The number of nitrogens with zero attached hydrogens (tertiary/aromatic N) is 3. The van der Waals surface area contributed by atoms with Crippen LogP contribution >= 0.6 is 35.1 Å². The fourth-order valence-corrected chi connectivity index (χ4v) is 6.24. The second-order valence-electron chi connectivity index (χ2n) is 9.06. The number of aliphatic imine (C=N–C) groups is 1. The number of hydrogen-bond donors (Lipinski definition) is 1. The topological polar surface area (TPSA) is 105 Å². The van der Waals surface area contributed by atoms with Gasteiger partial charge in [-0.05, 0) is 78.3 Å². The van der Waals surface area contributed by atoms with E-state index in [1.165, 1.54) is 35.7 Å². The van der Waals surface area contributed by atoms with E-state index in [1.807, 2.05) is 60.8 Å². The standard InChI is InChI=1S/C30H21ClN4O4S2/c31-20-5-12-24(13-6-20)40-28-14-11-23(39-28)17-27-29(36)34(16-15-19-18-32-26-4-2-1-3-25(19)26)30(41-27)33-21-7-9-22(10-8-21)35(37)38/h1-14,17-18,32H,15-16H2/b27-17-,33-30?. The number of thioether (sulfide) groups is 1. The minimum Gasteiger partial charge on any atom is -0.450 e. The number of nitrogens with one attached hydrogen (secondary N) is 1. The highest BCUT2D eigenvalue weighted by molar-refractivity contribution is 8.18. The molecule has 0 aliphatic carbocycles. The lowest BCUT2D eigenvalue weighted by Crippen LogP contribution is -2.31. The van der Waals surface area contributed by atoms with Crippen molar-refractivity contribution in [2.24, 2.45) is 4.99 Å². The summed E-state index contributed by atoms with van der Waals surface area (Å²) in [4.78, 5) is 35.3. The maximum absolute atomic E-state index is 13.6. The van der Waals surface area contributed by atoms with E-state index in [-0.39, 0.29) is 11.6 Å². The molecule has 0 saturated carbocycles. The molecule has 8 nitrogen and oxygen atoms in total. The SMILES string of the molecule is O=C1/C(=C/c2ccc(Sc3ccc(Cl)cc3)o2)SC(=Nc2ccc([N+](=O)[O-])cc2)N1CCc1c[nH]c2ccccc12. The Labute approximate surface area is 248 Å². The van der Waals surface area contributed by atoms with Crippen LogP contribution in [0.2, 0.25) is 5.02 Å². The summed E-state index contributed by atoms with van der Waals surface area (Å²) in [6.07, 6.45) is 4.30. The molecular formula is C30H21ClN4O4S2. The molecule has 2 aromatic heterocycles. The molecule has 5 aromatic rings. The van der Waals surface area contributed by atoms with Gasteiger partial charge in [-0.2, -0.15) is 0 Å². The fraction of sp³-hybridized carbons (Fsp3) is 0.0667. The summed E-state index contributed by atoms with van der Waals surface area (Å²) >= 11 is 8.69. The van der Waals surface area contributed by atoms with Crippen LogP contribution in [0.4, 0.5) is 11.4 Å². The zero-order valence-corrected chi connectivity index (χ0v) is 23.7. The number of para-hydroxylation sites is 1. The number of furan rings is 1. The second kappa shape index (κ2) is 11.7. The summed E-state index contributed by atoms with van der Waals surface area (Å²) in [6, 6.07) is 25.1. The molecule has 1 N–H and O–H groups in total. The first kappa shape index (κ1) is 26.9. The zero-order valence-electron chi connectivity index (χ0n) is 21.3. The van der Waals surface area contributed by atoms with E-state index < -0.39 is 4.92 Å². The van der Waals surface area contributed by atoms with Gasteiger partial charge in [0.15, 0.2) is 10.3 Å². The maximum atomic E-state index is 13.6. The van der Waals surface area contributed by atoms with Crippen LogP contribution in [0.5, 0.6) is 0 Å². The monoisotopic (exact) mass is 600 g/mol. The molecule has 1 fully saturated rings. The van der Waals surface area contributed by atoms with Gasteiger partial charge in [-0.25, -0.2) is 4.99 Å². The van der Waals surface area contributed by atoms with Gasteiger partial charge in [0, 0.05) is 51.8 Å². The number of benzene rings is 3. The Morgan fingerprint density at radius 2 is 1.83 bits per heavy atom. The Morgan fingerprint density at radius 1 is 1.05 bits per heavy atom. The number of amidine groups is 1. The summed E-state index contributed by atoms with van der Waals surface area (Å²) < 4.78 is 5.98. The number of nitro groups is 1. The summed E-state index contributed by atoms with van der Waals surface area (Å²) in [5.41, 5.74) is 2.63. The first-order chi connectivity index (χ1) is 19.9. The zero-order chi connectivity index (χ0) is 28.3. The lowest BCUT2D eigenvalue weighted by molar-refractivity contribution is -0.384. The number of non-ortho nitro benzene ring substituents is 1. The lowest BCUT2D eigenvalue weighted by atomic mass is 10.1. The molecule has 0 radical (unpaired) electrons. The lowest BCUT2D eigenvalue weighted by Gasteiger charge is -2.15. The fourth-order valence-electron chi connectivity index (χ4n) is 4.33. The van der Waals surface area contributed by atoms with Crippen molar-refractivity contribution in [2.45, 2.75) is 16.4 Å². The van der Waals surface area contributed by atoms with Gasteiger partial charge >= 0.3 is 0 Å². The normalized spacial score (nSPS) is 15.4. The van der Waals surface area contributed by atoms with Crippen molar-refractivity contribution >= 4 is 74.6 Å². The van der Waals surface area contributed by atoms with Gasteiger partial charge in [0.2, 0.25) is 0 Å². The van der Waals surface area contributed by atoms with Crippen LogP contribution in [-0.4, -0.2) is 32.4 Å². The summed E-state index contributed by atoms with van der Waals surface area (Å²) in [5.74, 6) is 0.365. The number of nitro benzene ring substituents is 1. The van der Waals surface area contributed by atoms with Crippen molar-refractivity contribution < 1.29 is 14.1 Å². The highest BCUT2D eigenvalue weighted by Crippen LogP contribution is 2.36. The number of hydrogen-bond acceptors (Lipinski definition) is 7. The smallest absolute Gasteiger partial charge is 0.269 e. The molecule has 3 aromatic carbocycles.